The average molecular weight is 246 g/mol. The number of thioether (sulfide) groups is 2. The molecule has 0 aromatic rings. The van der Waals surface area contributed by atoms with Crippen molar-refractivity contribution in [3.05, 3.63) is 0 Å². The van der Waals surface area contributed by atoms with Gasteiger partial charge >= 0.3 is 0 Å². The van der Waals surface area contributed by atoms with E-state index in [4.69, 9.17) is 4.99 Å². The molecule has 1 aliphatic heterocycles. The average Bonchev–Trinajstić information content (AvgIpc) is 2.26. The second-order valence-electron chi connectivity index (χ2n) is 3.96. The van der Waals surface area contributed by atoms with Gasteiger partial charge in [0, 0.05) is 11.8 Å². The van der Waals surface area contributed by atoms with Crippen LogP contribution in [-0.2, 0) is 0 Å². The molecule has 0 saturated carbocycles. The molecule has 0 radical (unpaired) electrons. The van der Waals surface area contributed by atoms with Crippen LogP contribution in [0.5, 0.6) is 0 Å². The van der Waals surface area contributed by atoms with Crippen LogP contribution >= 0.6 is 23.5 Å². The third-order valence-electron chi connectivity index (χ3n) is 2.59. The van der Waals surface area contributed by atoms with Gasteiger partial charge in [0.25, 0.3) is 0 Å². The van der Waals surface area contributed by atoms with Gasteiger partial charge in [-0.1, -0.05) is 18.7 Å². The summed E-state index contributed by atoms with van der Waals surface area (Å²) in [6.45, 7) is 4.47. The molecule has 15 heavy (non-hydrogen) atoms. The molecule has 0 saturated heterocycles. The van der Waals surface area contributed by atoms with Gasteiger partial charge in [-0.3, -0.25) is 4.99 Å². The molecule has 0 aromatic carbocycles. The van der Waals surface area contributed by atoms with Crippen molar-refractivity contribution < 1.29 is 0 Å². The molecule has 0 amide bonds. The van der Waals surface area contributed by atoms with Crippen molar-refractivity contribution in [1.82, 2.24) is 5.32 Å². The Bertz CT molecular complexity index is 207. The number of nitrogens with one attached hydrogen (secondary N) is 1. The maximum Gasteiger partial charge on any atom is 0.157 e. The molecule has 2 nitrogen and oxygen atoms in total. The third kappa shape index (κ3) is 5.16. The smallest absolute Gasteiger partial charge is 0.157 e. The van der Waals surface area contributed by atoms with E-state index in [0.29, 0.717) is 12.1 Å². The highest BCUT2D eigenvalue weighted by molar-refractivity contribution is 8.13. The number of nitrogens with zero attached hydrogens (tertiary/aromatic N) is 1. The summed E-state index contributed by atoms with van der Waals surface area (Å²) < 4.78 is 0. The third-order valence-corrected chi connectivity index (χ3v) is 4.17. The van der Waals surface area contributed by atoms with Crippen LogP contribution < -0.4 is 5.32 Å². The van der Waals surface area contributed by atoms with Crippen molar-refractivity contribution in [2.75, 3.05) is 17.8 Å². The van der Waals surface area contributed by atoms with E-state index in [1.54, 1.807) is 0 Å². The first kappa shape index (κ1) is 13.2. The minimum absolute atomic E-state index is 0.555. The minimum atomic E-state index is 0.555. The van der Waals surface area contributed by atoms with Crippen LogP contribution in [0.2, 0.25) is 0 Å². The molecular formula is C11H22N2S2. The molecule has 2 unspecified atom stereocenters. The van der Waals surface area contributed by atoms with Gasteiger partial charge in [0.05, 0.1) is 6.04 Å². The zero-order valence-electron chi connectivity index (χ0n) is 9.95. The quantitative estimate of drug-likeness (QED) is 0.807. The van der Waals surface area contributed by atoms with Crippen LogP contribution in [-0.4, -0.2) is 35.0 Å². The number of hydrogen-bond acceptors (Lipinski definition) is 4. The van der Waals surface area contributed by atoms with Crippen LogP contribution in [0.1, 0.15) is 33.1 Å². The van der Waals surface area contributed by atoms with Crippen LogP contribution in [0.15, 0.2) is 4.99 Å². The lowest BCUT2D eigenvalue weighted by atomic mass is 10.2. The number of amidine groups is 1. The molecule has 0 spiro atoms. The Morgan fingerprint density at radius 1 is 1.67 bits per heavy atom. The summed E-state index contributed by atoms with van der Waals surface area (Å²) in [4.78, 5) is 4.71. The van der Waals surface area contributed by atoms with Crippen molar-refractivity contribution in [1.29, 1.82) is 0 Å². The lowest BCUT2D eigenvalue weighted by Gasteiger charge is -2.22. The van der Waals surface area contributed by atoms with Gasteiger partial charge in [-0.15, -0.1) is 0 Å². The fourth-order valence-electron chi connectivity index (χ4n) is 1.51. The Morgan fingerprint density at radius 2 is 2.47 bits per heavy atom. The maximum absolute atomic E-state index is 4.71. The fourth-order valence-corrected chi connectivity index (χ4v) is 3.19. The molecule has 0 bridgehead atoms. The number of hydrogen-bond donors (Lipinski definition) is 1. The van der Waals surface area contributed by atoms with Gasteiger partial charge in [-0.05, 0) is 38.2 Å². The zero-order valence-corrected chi connectivity index (χ0v) is 11.6. The summed E-state index contributed by atoms with van der Waals surface area (Å²) in [7, 11) is 0. The molecular weight excluding hydrogens is 224 g/mol. The molecule has 88 valence electrons. The van der Waals surface area contributed by atoms with Crippen molar-refractivity contribution in [3.8, 4) is 0 Å². The minimum Gasteiger partial charge on any atom is -0.362 e. The molecule has 4 heteroatoms. The Hall–Kier alpha value is 0.170. The first-order chi connectivity index (χ1) is 7.26. The molecule has 1 aliphatic rings. The van der Waals surface area contributed by atoms with E-state index in [9.17, 15) is 0 Å². The van der Waals surface area contributed by atoms with E-state index >= 15 is 0 Å². The first-order valence-corrected chi connectivity index (χ1v) is 8.10. The second kappa shape index (κ2) is 7.44. The predicted molar refractivity (Wildman–Crippen MR) is 74.2 cm³/mol. The van der Waals surface area contributed by atoms with Crippen molar-refractivity contribution in [2.24, 2.45) is 4.99 Å². The zero-order chi connectivity index (χ0) is 11.1. The number of aliphatic imine (C=N–C) groups is 1. The number of rotatable bonds is 5. The van der Waals surface area contributed by atoms with Gasteiger partial charge in [-0.2, -0.15) is 11.8 Å². The second-order valence-corrected chi connectivity index (χ2v) is 6.03. The van der Waals surface area contributed by atoms with Gasteiger partial charge in [-0.25, -0.2) is 0 Å². The van der Waals surface area contributed by atoms with Crippen LogP contribution in [0, 0.1) is 0 Å². The highest BCUT2D eigenvalue weighted by Gasteiger charge is 2.15. The van der Waals surface area contributed by atoms with E-state index in [0.717, 1.165) is 0 Å². The summed E-state index contributed by atoms with van der Waals surface area (Å²) >= 11 is 3.79. The molecule has 0 fully saturated rings. The van der Waals surface area contributed by atoms with Gasteiger partial charge in [0.2, 0.25) is 0 Å². The summed E-state index contributed by atoms with van der Waals surface area (Å²) in [6.07, 6.45) is 5.79. The Morgan fingerprint density at radius 3 is 3.13 bits per heavy atom. The van der Waals surface area contributed by atoms with E-state index < -0.39 is 0 Å². The van der Waals surface area contributed by atoms with Gasteiger partial charge in [0.1, 0.15) is 0 Å². The van der Waals surface area contributed by atoms with Crippen molar-refractivity contribution in [3.63, 3.8) is 0 Å². The SMILES string of the molecule is CCC1CCSC(NC(C)CCSC)=N1. The summed E-state index contributed by atoms with van der Waals surface area (Å²) in [5.74, 6) is 2.45. The predicted octanol–water partition coefficient (Wildman–Crippen LogP) is 2.99. The largest absolute Gasteiger partial charge is 0.362 e. The molecule has 0 aliphatic carbocycles. The molecule has 2 atom stereocenters. The van der Waals surface area contributed by atoms with E-state index in [1.807, 2.05) is 23.5 Å². The highest BCUT2D eigenvalue weighted by atomic mass is 32.2. The van der Waals surface area contributed by atoms with Gasteiger partial charge in [0.15, 0.2) is 5.17 Å². The fraction of sp³-hybridized carbons (Fsp3) is 0.909. The normalized spacial score (nSPS) is 23.4. The summed E-state index contributed by atoms with van der Waals surface area (Å²) in [6, 6.07) is 1.11. The summed E-state index contributed by atoms with van der Waals surface area (Å²) in [5.41, 5.74) is 0. The molecule has 0 aromatic heterocycles. The van der Waals surface area contributed by atoms with Crippen molar-refractivity contribution >= 4 is 28.7 Å². The molecule has 1 rings (SSSR count). The van der Waals surface area contributed by atoms with Gasteiger partial charge < -0.3 is 5.32 Å². The first-order valence-electron chi connectivity index (χ1n) is 5.72. The molecule has 1 N–H and O–H groups in total. The lowest BCUT2D eigenvalue weighted by molar-refractivity contribution is 0.610. The van der Waals surface area contributed by atoms with Crippen LogP contribution in [0.25, 0.3) is 0 Å². The Balaban J connectivity index is 2.33. The van der Waals surface area contributed by atoms with Crippen LogP contribution in [0.3, 0.4) is 0 Å². The molecule has 1 heterocycles. The van der Waals surface area contributed by atoms with E-state index in [1.165, 1.54) is 35.9 Å². The topological polar surface area (TPSA) is 24.4 Å². The lowest BCUT2D eigenvalue weighted by Crippen LogP contribution is -2.34. The Labute approximate surface area is 102 Å². The maximum atomic E-state index is 4.71. The van der Waals surface area contributed by atoms with E-state index in [-0.39, 0.29) is 0 Å². The standard InChI is InChI=1S/C11H22N2S2/c1-4-10-6-8-15-11(13-10)12-9(2)5-7-14-3/h9-10H,4-8H2,1-3H3,(H,12,13). The highest BCUT2D eigenvalue weighted by Crippen LogP contribution is 2.18. The Kier molecular flexibility index (Phi) is 6.57. The van der Waals surface area contributed by atoms with Crippen molar-refractivity contribution in [2.45, 2.75) is 45.2 Å². The van der Waals surface area contributed by atoms with E-state index in [2.05, 4.69) is 25.4 Å². The monoisotopic (exact) mass is 246 g/mol. The van der Waals surface area contributed by atoms with Crippen LogP contribution in [0.4, 0.5) is 0 Å². The summed E-state index contributed by atoms with van der Waals surface area (Å²) in [5, 5.41) is 4.69.